The van der Waals surface area contributed by atoms with Crippen LogP contribution in [-0.4, -0.2) is 20.8 Å². The molecule has 0 rings (SSSR count). The Morgan fingerprint density at radius 1 is 1.67 bits per heavy atom. The molecule has 0 aliphatic rings. The minimum atomic E-state index is 0.480. The molecular weight excluding hydrogens is 118 g/mol. The average Bonchev–Trinajstić information content (AvgIpc) is 1.85. The summed E-state index contributed by atoms with van der Waals surface area (Å²) in [6.45, 7) is 2.40. The van der Waals surface area contributed by atoms with Gasteiger partial charge >= 0.3 is 0 Å². The van der Waals surface area contributed by atoms with E-state index in [-0.39, 0.29) is 0 Å². The molecule has 0 aromatic carbocycles. The second-order valence-electron chi connectivity index (χ2n) is 1.66. The molecule has 0 heterocycles. The molecule has 0 unspecified atom stereocenters. The van der Waals surface area contributed by atoms with E-state index in [0.29, 0.717) is 6.61 Å². The van der Waals surface area contributed by atoms with Crippen LogP contribution >= 0.6 is 0 Å². The van der Waals surface area contributed by atoms with Crippen molar-refractivity contribution < 1.29 is 9.78 Å². The lowest BCUT2D eigenvalue weighted by atomic mass is 10.4. The Morgan fingerprint density at radius 3 is 2.78 bits per heavy atom. The molecule has 0 amide bonds. The van der Waals surface area contributed by atoms with Gasteiger partial charge in [-0.25, -0.2) is 9.78 Å². The van der Waals surface area contributed by atoms with Crippen molar-refractivity contribution in [2.75, 3.05) is 20.8 Å². The highest BCUT2D eigenvalue weighted by molar-refractivity contribution is 5.06. The summed E-state index contributed by atoms with van der Waals surface area (Å²) >= 11 is 0. The zero-order valence-electron chi connectivity index (χ0n) is 6.05. The van der Waals surface area contributed by atoms with Crippen LogP contribution < -0.4 is 0 Å². The normalized spacial score (nSPS) is 11.7. The predicted molar refractivity (Wildman–Crippen MR) is 36.0 cm³/mol. The molecule has 0 N–H and O–H groups in total. The van der Waals surface area contributed by atoms with Crippen molar-refractivity contribution in [1.82, 2.24) is 0 Å². The maximum Gasteiger partial charge on any atom is 0.102 e. The van der Waals surface area contributed by atoms with Crippen molar-refractivity contribution in [3.05, 3.63) is 17.1 Å². The largest absolute Gasteiger partial charge is 0.693 e. The maximum absolute atomic E-state index is 4.62. The van der Waals surface area contributed by atoms with E-state index in [2.05, 4.69) is 15.1 Å². The van der Waals surface area contributed by atoms with Crippen LogP contribution in [0.25, 0.3) is 5.32 Å². The van der Waals surface area contributed by atoms with Crippen molar-refractivity contribution in [3.8, 4) is 0 Å². The molecule has 0 fully saturated rings. The van der Waals surface area contributed by atoms with Crippen LogP contribution in [0.1, 0.15) is 6.92 Å². The Morgan fingerprint density at radius 2 is 2.33 bits per heavy atom. The first-order chi connectivity index (χ1) is 4.31. The van der Waals surface area contributed by atoms with E-state index in [4.69, 9.17) is 0 Å². The molecule has 3 heteroatoms. The van der Waals surface area contributed by atoms with Gasteiger partial charge in [-0.1, -0.05) is 5.57 Å². The second kappa shape index (κ2) is 5.59. The van der Waals surface area contributed by atoms with Crippen molar-refractivity contribution in [2.24, 2.45) is 0 Å². The maximum atomic E-state index is 4.62. The van der Waals surface area contributed by atoms with E-state index in [1.165, 1.54) is 7.11 Å². The van der Waals surface area contributed by atoms with Gasteiger partial charge in [0.2, 0.25) is 0 Å². The van der Waals surface area contributed by atoms with Gasteiger partial charge in [-0.3, -0.25) is 0 Å². The summed E-state index contributed by atoms with van der Waals surface area (Å²) < 4.78 is 0. The summed E-state index contributed by atoms with van der Waals surface area (Å²) in [4.78, 5) is 9.00. The lowest BCUT2D eigenvalue weighted by Crippen LogP contribution is -1.93. The molecule has 0 aliphatic heterocycles. The van der Waals surface area contributed by atoms with Crippen molar-refractivity contribution in [3.63, 3.8) is 0 Å². The summed E-state index contributed by atoms with van der Waals surface area (Å²) in [5.74, 6) is 0. The Labute approximate surface area is 55.6 Å². The van der Waals surface area contributed by atoms with E-state index in [1.54, 1.807) is 13.2 Å². The highest BCUT2D eigenvalue weighted by Crippen LogP contribution is 1.95. The lowest BCUT2D eigenvalue weighted by molar-refractivity contribution is -0.265. The quantitative estimate of drug-likeness (QED) is 0.426. The third kappa shape index (κ3) is 5.33. The molecule has 0 bridgehead atoms. The average molecular weight is 130 g/mol. The van der Waals surface area contributed by atoms with Crippen LogP contribution in [-0.2, 0) is 9.78 Å². The summed E-state index contributed by atoms with van der Waals surface area (Å²) in [7, 11) is 3.20. The van der Waals surface area contributed by atoms with Crippen LogP contribution in [0.15, 0.2) is 11.8 Å². The van der Waals surface area contributed by atoms with Crippen molar-refractivity contribution >= 4 is 0 Å². The first kappa shape index (κ1) is 8.46. The standard InChI is InChI=1S/C6H12NO2/c1-6(4-7-2)5-9-8-3/h4H,5H2,1-3H3/q-1/b6-4+. The Hall–Kier alpha value is -0.540. The van der Waals surface area contributed by atoms with Gasteiger partial charge in [0.1, 0.15) is 6.61 Å². The minimum absolute atomic E-state index is 0.480. The molecule has 0 spiro atoms. The molecule has 0 saturated heterocycles. The molecule has 0 radical (unpaired) electrons. The summed E-state index contributed by atoms with van der Waals surface area (Å²) in [5, 5.41) is 3.79. The van der Waals surface area contributed by atoms with Gasteiger partial charge < -0.3 is 5.32 Å². The van der Waals surface area contributed by atoms with Gasteiger partial charge in [-0.2, -0.15) is 6.20 Å². The number of hydrogen-bond donors (Lipinski definition) is 0. The fourth-order valence-electron chi connectivity index (χ4n) is 0.410. The first-order valence-electron chi connectivity index (χ1n) is 2.71. The fraction of sp³-hybridized carbons (Fsp3) is 0.667. The topological polar surface area (TPSA) is 32.6 Å². The molecule has 0 aliphatic carbocycles. The van der Waals surface area contributed by atoms with Crippen molar-refractivity contribution in [1.29, 1.82) is 0 Å². The van der Waals surface area contributed by atoms with E-state index >= 15 is 0 Å². The predicted octanol–water partition coefficient (Wildman–Crippen LogP) is 1.47. The van der Waals surface area contributed by atoms with Crippen LogP contribution in [0.4, 0.5) is 0 Å². The molecule has 0 aromatic heterocycles. The van der Waals surface area contributed by atoms with Gasteiger partial charge in [0.05, 0.1) is 7.11 Å². The van der Waals surface area contributed by atoms with Gasteiger partial charge in [-0.15, -0.1) is 7.05 Å². The van der Waals surface area contributed by atoms with E-state index < -0.39 is 0 Å². The van der Waals surface area contributed by atoms with E-state index in [0.717, 1.165) is 5.57 Å². The van der Waals surface area contributed by atoms with Gasteiger partial charge in [0.15, 0.2) is 0 Å². The van der Waals surface area contributed by atoms with Crippen LogP contribution in [0.2, 0.25) is 0 Å². The molecule has 0 saturated carbocycles. The van der Waals surface area contributed by atoms with Crippen LogP contribution in [0.5, 0.6) is 0 Å². The minimum Gasteiger partial charge on any atom is -0.693 e. The molecular formula is C6H12NO2-. The van der Waals surface area contributed by atoms with E-state index in [1.807, 2.05) is 6.92 Å². The molecule has 3 nitrogen and oxygen atoms in total. The Bertz CT molecular complexity index is 91.1. The van der Waals surface area contributed by atoms with Crippen molar-refractivity contribution in [2.45, 2.75) is 6.92 Å². The number of rotatable bonds is 4. The highest BCUT2D eigenvalue weighted by Gasteiger charge is 1.82. The van der Waals surface area contributed by atoms with Gasteiger partial charge in [0.25, 0.3) is 0 Å². The number of hydrogen-bond acceptors (Lipinski definition) is 2. The zero-order chi connectivity index (χ0) is 7.11. The highest BCUT2D eigenvalue weighted by atomic mass is 17.2. The summed E-state index contributed by atoms with van der Waals surface area (Å²) in [6.07, 6.45) is 1.74. The molecule has 9 heavy (non-hydrogen) atoms. The summed E-state index contributed by atoms with van der Waals surface area (Å²) in [5.41, 5.74) is 1.04. The lowest BCUT2D eigenvalue weighted by Gasteiger charge is -2.06. The monoisotopic (exact) mass is 130 g/mol. The third-order valence-corrected chi connectivity index (χ3v) is 0.754. The Kier molecular flexibility index (Phi) is 5.26. The van der Waals surface area contributed by atoms with Crippen LogP contribution in [0.3, 0.4) is 0 Å². The summed E-state index contributed by atoms with van der Waals surface area (Å²) in [6, 6.07) is 0. The zero-order valence-corrected chi connectivity index (χ0v) is 6.05. The SMILES string of the molecule is C[N-]/C=C(\C)COOC. The molecule has 0 aromatic rings. The molecule has 0 atom stereocenters. The van der Waals surface area contributed by atoms with Gasteiger partial charge in [0, 0.05) is 0 Å². The van der Waals surface area contributed by atoms with Crippen LogP contribution in [0, 0.1) is 0 Å². The van der Waals surface area contributed by atoms with Gasteiger partial charge in [-0.05, 0) is 6.92 Å². The smallest absolute Gasteiger partial charge is 0.102 e. The van der Waals surface area contributed by atoms with E-state index in [9.17, 15) is 0 Å². The fourth-order valence-corrected chi connectivity index (χ4v) is 0.410. The first-order valence-corrected chi connectivity index (χ1v) is 2.71. The Balaban J connectivity index is 3.25. The third-order valence-electron chi connectivity index (χ3n) is 0.754. The molecule has 54 valence electrons. The second-order valence-corrected chi connectivity index (χ2v) is 1.66. The number of nitrogens with zero attached hydrogens (tertiary/aromatic N) is 1.